The summed E-state index contributed by atoms with van der Waals surface area (Å²) in [5.74, 6) is 1.10. The number of hydrogen-bond donors (Lipinski definition) is 2. The minimum atomic E-state index is -3.86. The van der Waals surface area contributed by atoms with Gasteiger partial charge in [0.05, 0.1) is 11.1 Å². The van der Waals surface area contributed by atoms with E-state index in [2.05, 4.69) is 15.2 Å². The smallest absolute Gasteiger partial charge is 0.258 e. The number of aryl methyl sites for hydroxylation is 1. The van der Waals surface area contributed by atoms with Gasteiger partial charge in [-0.3, -0.25) is 4.79 Å². The minimum Gasteiger partial charge on any atom is -0.455 e. The third kappa shape index (κ3) is 7.20. The molecule has 0 unspecified atom stereocenters. The lowest BCUT2D eigenvalue weighted by Crippen LogP contribution is -2.45. The molecule has 0 aliphatic rings. The summed E-state index contributed by atoms with van der Waals surface area (Å²) in [5, 5.41) is 4.55. The molecule has 1 amide bonds. The Kier molecular flexibility index (Phi) is 8.74. The standard InChI is InChI=1S/C23H24ClN3O4S2/c1-16-3-10-20(11-4-16)33(29,30)27-21(13-14-32-2)23(28)26-25-15-19-9-12-22(31-19)17-5-7-18(24)8-6-17/h3-12,15,21,27H,13-14H2,1-2H3,(H,26,28)/b25-15+/t21-/m0/s1. The highest BCUT2D eigenvalue weighted by atomic mass is 35.5. The van der Waals surface area contributed by atoms with Gasteiger partial charge < -0.3 is 4.42 Å². The first-order valence-corrected chi connectivity index (χ1v) is 13.3. The number of carbonyl (C=O) groups excluding carboxylic acids is 1. The molecule has 0 saturated heterocycles. The Morgan fingerprint density at radius 3 is 2.48 bits per heavy atom. The molecule has 0 bridgehead atoms. The van der Waals surface area contributed by atoms with E-state index in [1.54, 1.807) is 36.4 Å². The van der Waals surface area contributed by atoms with Crippen molar-refractivity contribution in [2.45, 2.75) is 24.3 Å². The number of amides is 1. The van der Waals surface area contributed by atoms with Crippen molar-refractivity contribution in [1.82, 2.24) is 10.1 Å². The molecule has 2 aromatic carbocycles. The van der Waals surface area contributed by atoms with Gasteiger partial charge in [-0.2, -0.15) is 21.6 Å². The van der Waals surface area contributed by atoms with Gasteiger partial charge in [0, 0.05) is 10.6 Å². The number of thioether (sulfide) groups is 1. The molecule has 7 nitrogen and oxygen atoms in total. The van der Waals surface area contributed by atoms with Crippen LogP contribution in [0.15, 0.2) is 75.1 Å². The highest BCUT2D eigenvalue weighted by molar-refractivity contribution is 7.98. The molecule has 0 aliphatic carbocycles. The van der Waals surface area contributed by atoms with E-state index in [4.69, 9.17) is 16.0 Å². The van der Waals surface area contributed by atoms with Crippen LogP contribution in [-0.2, 0) is 14.8 Å². The first-order chi connectivity index (χ1) is 15.8. The Morgan fingerprint density at radius 2 is 1.82 bits per heavy atom. The molecule has 2 N–H and O–H groups in total. The third-order valence-corrected chi connectivity index (χ3v) is 7.06. The fourth-order valence-corrected chi connectivity index (χ4v) is 4.71. The zero-order valence-electron chi connectivity index (χ0n) is 18.1. The van der Waals surface area contributed by atoms with Crippen molar-refractivity contribution in [3.8, 4) is 11.3 Å². The highest BCUT2D eigenvalue weighted by Crippen LogP contribution is 2.23. The maximum atomic E-state index is 12.7. The van der Waals surface area contributed by atoms with Gasteiger partial charge in [-0.15, -0.1) is 0 Å². The van der Waals surface area contributed by atoms with Crippen molar-refractivity contribution in [2.24, 2.45) is 5.10 Å². The van der Waals surface area contributed by atoms with Gasteiger partial charge in [0.25, 0.3) is 5.91 Å². The van der Waals surface area contributed by atoms with Crippen LogP contribution in [0.2, 0.25) is 5.02 Å². The van der Waals surface area contributed by atoms with Gasteiger partial charge in [-0.1, -0.05) is 29.3 Å². The van der Waals surface area contributed by atoms with Crippen LogP contribution in [-0.4, -0.2) is 38.6 Å². The molecule has 3 rings (SSSR count). The van der Waals surface area contributed by atoms with E-state index in [-0.39, 0.29) is 4.90 Å². The Morgan fingerprint density at radius 1 is 1.12 bits per heavy atom. The number of nitrogens with zero attached hydrogens (tertiary/aromatic N) is 1. The lowest BCUT2D eigenvalue weighted by atomic mass is 10.2. The molecule has 33 heavy (non-hydrogen) atoms. The molecule has 174 valence electrons. The molecule has 1 atom stereocenters. The van der Waals surface area contributed by atoms with Gasteiger partial charge in [0.2, 0.25) is 10.0 Å². The minimum absolute atomic E-state index is 0.101. The maximum absolute atomic E-state index is 12.7. The lowest BCUT2D eigenvalue weighted by Gasteiger charge is -2.17. The monoisotopic (exact) mass is 505 g/mol. The Balaban J connectivity index is 1.65. The summed E-state index contributed by atoms with van der Waals surface area (Å²) in [5.41, 5.74) is 4.19. The van der Waals surface area contributed by atoms with E-state index in [0.29, 0.717) is 28.7 Å². The molecule has 0 aliphatic heterocycles. The molecule has 0 saturated carbocycles. The Labute approximate surface area is 202 Å². The van der Waals surface area contributed by atoms with Crippen molar-refractivity contribution >= 4 is 45.5 Å². The molecule has 0 radical (unpaired) electrons. The molecule has 1 heterocycles. The van der Waals surface area contributed by atoms with Gasteiger partial charge >= 0.3 is 0 Å². The van der Waals surface area contributed by atoms with E-state index in [1.807, 2.05) is 25.3 Å². The summed E-state index contributed by atoms with van der Waals surface area (Å²) < 4.78 is 33.6. The van der Waals surface area contributed by atoms with Crippen molar-refractivity contribution in [3.05, 3.63) is 77.0 Å². The number of hydrazone groups is 1. The van der Waals surface area contributed by atoms with Crippen molar-refractivity contribution in [3.63, 3.8) is 0 Å². The average molecular weight is 506 g/mol. The van der Waals surface area contributed by atoms with Crippen LogP contribution in [0, 0.1) is 6.92 Å². The van der Waals surface area contributed by atoms with Crippen LogP contribution in [0.4, 0.5) is 0 Å². The summed E-state index contributed by atoms with van der Waals surface area (Å²) in [4.78, 5) is 12.8. The second kappa shape index (κ2) is 11.5. The van der Waals surface area contributed by atoms with E-state index in [1.165, 1.54) is 30.1 Å². The number of benzene rings is 2. The highest BCUT2D eigenvalue weighted by Gasteiger charge is 2.25. The van der Waals surface area contributed by atoms with Gasteiger partial charge in [0.15, 0.2) is 0 Å². The van der Waals surface area contributed by atoms with Crippen molar-refractivity contribution < 1.29 is 17.6 Å². The number of rotatable bonds is 10. The summed E-state index contributed by atoms with van der Waals surface area (Å²) in [7, 11) is -3.86. The van der Waals surface area contributed by atoms with Crippen LogP contribution in [0.25, 0.3) is 11.3 Å². The van der Waals surface area contributed by atoms with Crippen LogP contribution >= 0.6 is 23.4 Å². The van der Waals surface area contributed by atoms with E-state index in [0.717, 1.165) is 11.1 Å². The zero-order chi connectivity index (χ0) is 23.8. The van der Waals surface area contributed by atoms with Crippen LogP contribution < -0.4 is 10.1 Å². The topological polar surface area (TPSA) is 101 Å². The number of nitrogens with one attached hydrogen (secondary N) is 2. The Hall–Kier alpha value is -2.59. The number of furan rings is 1. The fraction of sp³-hybridized carbons (Fsp3) is 0.217. The fourth-order valence-electron chi connectivity index (χ4n) is 2.88. The molecule has 0 spiro atoms. The van der Waals surface area contributed by atoms with E-state index >= 15 is 0 Å². The number of sulfonamides is 1. The molecular formula is C23H24ClN3O4S2. The predicted octanol–water partition coefficient (Wildman–Crippen LogP) is 4.46. The zero-order valence-corrected chi connectivity index (χ0v) is 20.5. The summed E-state index contributed by atoms with van der Waals surface area (Å²) >= 11 is 7.42. The largest absolute Gasteiger partial charge is 0.455 e. The van der Waals surface area contributed by atoms with Gasteiger partial charge in [-0.25, -0.2) is 13.8 Å². The normalized spacial score (nSPS) is 12.7. The number of halogens is 1. The van der Waals surface area contributed by atoms with Gasteiger partial charge in [-0.05, 0) is 73.9 Å². The second-order valence-electron chi connectivity index (χ2n) is 7.21. The van der Waals surface area contributed by atoms with E-state index in [9.17, 15) is 13.2 Å². The van der Waals surface area contributed by atoms with E-state index < -0.39 is 22.0 Å². The van der Waals surface area contributed by atoms with Crippen molar-refractivity contribution in [2.75, 3.05) is 12.0 Å². The SMILES string of the molecule is CSCC[C@H](NS(=O)(=O)c1ccc(C)cc1)C(=O)N/N=C/c1ccc(-c2ccc(Cl)cc2)o1. The van der Waals surface area contributed by atoms with Crippen LogP contribution in [0.1, 0.15) is 17.7 Å². The summed E-state index contributed by atoms with van der Waals surface area (Å²) in [6, 6.07) is 16.1. The predicted molar refractivity (Wildman–Crippen MR) is 133 cm³/mol. The van der Waals surface area contributed by atoms with Crippen LogP contribution in [0.5, 0.6) is 0 Å². The quantitative estimate of drug-likeness (QED) is 0.313. The third-order valence-electron chi connectivity index (χ3n) is 4.68. The van der Waals surface area contributed by atoms with Crippen molar-refractivity contribution in [1.29, 1.82) is 0 Å². The molecule has 3 aromatic rings. The maximum Gasteiger partial charge on any atom is 0.258 e. The molecular weight excluding hydrogens is 482 g/mol. The lowest BCUT2D eigenvalue weighted by molar-refractivity contribution is -0.122. The first kappa shape index (κ1) is 25.0. The number of carbonyl (C=O) groups is 1. The second-order valence-corrected chi connectivity index (χ2v) is 10.3. The molecule has 1 aromatic heterocycles. The first-order valence-electron chi connectivity index (χ1n) is 10.0. The molecule has 10 heteroatoms. The Bertz CT molecular complexity index is 1210. The van der Waals surface area contributed by atoms with Gasteiger partial charge in [0.1, 0.15) is 17.6 Å². The summed E-state index contributed by atoms with van der Waals surface area (Å²) in [6.45, 7) is 1.87. The number of hydrogen-bond acceptors (Lipinski definition) is 6. The van der Waals surface area contributed by atoms with Crippen LogP contribution in [0.3, 0.4) is 0 Å². The summed E-state index contributed by atoms with van der Waals surface area (Å²) in [6.07, 6.45) is 3.56. The average Bonchev–Trinajstić information content (AvgIpc) is 3.26. The molecule has 0 fully saturated rings.